The summed E-state index contributed by atoms with van der Waals surface area (Å²) in [6, 6.07) is 3.62. The Balaban J connectivity index is 2.17. The first-order chi connectivity index (χ1) is 8.72. The maximum Gasteiger partial charge on any atom is 0.133 e. The largest absolute Gasteiger partial charge is 0.467 e. The van der Waals surface area contributed by atoms with Crippen LogP contribution in [0.1, 0.15) is 31.0 Å². The highest BCUT2D eigenvalue weighted by molar-refractivity contribution is 5.15. The fourth-order valence-corrected chi connectivity index (χ4v) is 1.83. The molecule has 2 unspecified atom stereocenters. The predicted octanol–water partition coefficient (Wildman–Crippen LogP) is 1.46. The fraction of sp³-hybridized carbons (Fsp3) is 0.462. The van der Waals surface area contributed by atoms with Crippen LogP contribution in [-0.2, 0) is 7.05 Å². The lowest BCUT2D eigenvalue weighted by Crippen LogP contribution is -2.31. The van der Waals surface area contributed by atoms with Crippen LogP contribution in [0.5, 0.6) is 0 Å². The topological polar surface area (TPSA) is 63.2 Å². The van der Waals surface area contributed by atoms with Gasteiger partial charge < -0.3 is 14.1 Å². The van der Waals surface area contributed by atoms with E-state index in [2.05, 4.69) is 10.3 Å². The lowest BCUT2D eigenvalue weighted by Gasteiger charge is -2.18. The summed E-state index contributed by atoms with van der Waals surface area (Å²) in [6.07, 6.45) is 5.65. The molecule has 0 aromatic carbocycles. The second-order valence-electron chi connectivity index (χ2n) is 4.32. The van der Waals surface area contributed by atoms with E-state index in [9.17, 15) is 5.11 Å². The van der Waals surface area contributed by atoms with E-state index >= 15 is 0 Å². The normalized spacial score (nSPS) is 14.6. The molecule has 5 nitrogen and oxygen atoms in total. The first-order valence-electron chi connectivity index (χ1n) is 6.14. The van der Waals surface area contributed by atoms with Gasteiger partial charge >= 0.3 is 0 Å². The average Bonchev–Trinajstić information content (AvgIpc) is 3.02. The van der Waals surface area contributed by atoms with E-state index in [1.54, 1.807) is 12.5 Å². The van der Waals surface area contributed by atoms with Crippen LogP contribution in [0, 0.1) is 0 Å². The van der Waals surface area contributed by atoms with Gasteiger partial charge in [-0.1, -0.05) is 6.92 Å². The van der Waals surface area contributed by atoms with Crippen molar-refractivity contribution in [1.82, 2.24) is 14.9 Å². The summed E-state index contributed by atoms with van der Waals surface area (Å²) in [4.78, 5) is 4.33. The number of aliphatic hydroxyl groups excluding tert-OH is 1. The van der Waals surface area contributed by atoms with Crippen molar-refractivity contribution < 1.29 is 9.52 Å². The molecule has 0 aliphatic heterocycles. The number of imidazole rings is 1. The summed E-state index contributed by atoms with van der Waals surface area (Å²) in [6.45, 7) is 2.46. The van der Waals surface area contributed by atoms with Gasteiger partial charge in [0.25, 0.3) is 0 Å². The van der Waals surface area contributed by atoms with Gasteiger partial charge in [0.2, 0.25) is 0 Å². The van der Waals surface area contributed by atoms with E-state index in [1.807, 2.05) is 36.9 Å². The molecular weight excluding hydrogens is 230 g/mol. The Labute approximate surface area is 106 Å². The molecule has 0 saturated heterocycles. The van der Waals surface area contributed by atoms with Crippen LogP contribution >= 0.6 is 0 Å². The Bertz CT molecular complexity index is 464. The van der Waals surface area contributed by atoms with E-state index in [0.717, 1.165) is 18.0 Å². The van der Waals surface area contributed by atoms with E-state index in [-0.39, 0.29) is 12.1 Å². The molecular formula is C13H19N3O2. The van der Waals surface area contributed by atoms with Gasteiger partial charge in [0.1, 0.15) is 17.6 Å². The van der Waals surface area contributed by atoms with Crippen molar-refractivity contribution in [3.8, 4) is 0 Å². The van der Waals surface area contributed by atoms with Crippen molar-refractivity contribution in [3.05, 3.63) is 42.4 Å². The number of rotatable bonds is 6. The standard InChI is InChI=1S/C13H19N3O2/c1-3-10(17)9-15-12(11-5-4-8-18-11)13-14-6-7-16(13)2/h4-8,10,12,15,17H,3,9H2,1-2H3. The molecule has 18 heavy (non-hydrogen) atoms. The van der Waals surface area contributed by atoms with Crippen LogP contribution in [0.15, 0.2) is 35.2 Å². The van der Waals surface area contributed by atoms with E-state index in [4.69, 9.17) is 4.42 Å². The first kappa shape index (κ1) is 12.9. The number of hydrogen-bond donors (Lipinski definition) is 2. The van der Waals surface area contributed by atoms with Gasteiger partial charge in [-0.05, 0) is 18.6 Å². The van der Waals surface area contributed by atoms with Gasteiger partial charge in [-0.3, -0.25) is 5.32 Å². The summed E-state index contributed by atoms with van der Waals surface area (Å²) < 4.78 is 7.39. The average molecular weight is 249 g/mol. The smallest absolute Gasteiger partial charge is 0.133 e. The molecule has 0 bridgehead atoms. The third-order valence-electron chi connectivity index (χ3n) is 2.97. The monoisotopic (exact) mass is 249 g/mol. The van der Waals surface area contributed by atoms with Gasteiger partial charge in [0.05, 0.1) is 12.4 Å². The van der Waals surface area contributed by atoms with Gasteiger partial charge in [-0.25, -0.2) is 4.98 Å². The summed E-state index contributed by atoms with van der Waals surface area (Å²) >= 11 is 0. The van der Waals surface area contributed by atoms with Crippen molar-refractivity contribution in [2.45, 2.75) is 25.5 Å². The number of hydrogen-bond acceptors (Lipinski definition) is 4. The summed E-state index contributed by atoms with van der Waals surface area (Å²) in [5.74, 6) is 1.67. The van der Waals surface area contributed by atoms with Gasteiger partial charge in [0, 0.05) is 26.0 Å². The second kappa shape index (κ2) is 5.84. The maximum absolute atomic E-state index is 9.65. The molecule has 2 atom stereocenters. The summed E-state index contributed by atoms with van der Waals surface area (Å²) in [7, 11) is 1.94. The number of aromatic nitrogens is 2. The zero-order valence-corrected chi connectivity index (χ0v) is 10.7. The zero-order chi connectivity index (χ0) is 13.0. The Morgan fingerprint density at radius 2 is 2.39 bits per heavy atom. The summed E-state index contributed by atoms with van der Waals surface area (Å²) in [5.41, 5.74) is 0. The number of aryl methyl sites for hydroxylation is 1. The molecule has 0 radical (unpaired) electrons. The molecule has 98 valence electrons. The molecule has 2 heterocycles. The van der Waals surface area contributed by atoms with E-state index in [1.165, 1.54) is 0 Å². The van der Waals surface area contributed by atoms with Crippen molar-refractivity contribution in [3.63, 3.8) is 0 Å². The van der Waals surface area contributed by atoms with E-state index in [0.29, 0.717) is 6.54 Å². The van der Waals surface area contributed by atoms with Gasteiger partial charge in [0.15, 0.2) is 0 Å². The Morgan fingerprint density at radius 1 is 1.56 bits per heavy atom. The highest BCUT2D eigenvalue weighted by Crippen LogP contribution is 2.20. The molecule has 5 heteroatoms. The third-order valence-corrected chi connectivity index (χ3v) is 2.97. The van der Waals surface area contributed by atoms with Gasteiger partial charge in [-0.15, -0.1) is 0 Å². The first-order valence-corrected chi connectivity index (χ1v) is 6.14. The molecule has 2 aromatic rings. The number of nitrogens with zero attached hydrogens (tertiary/aromatic N) is 2. The minimum Gasteiger partial charge on any atom is -0.467 e. The molecule has 2 rings (SSSR count). The molecule has 2 aromatic heterocycles. The number of aliphatic hydroxyl groups is 1. The molecule has 2 N–H and O–H groups in total. The highest BCUT2D eigenvalue weighted by atomic mass is 16.3. The van der Waals surface area contributed by atoms with E-state index < -0.39 is 0 Å². The van der Waals surface area contributed by atoms with Crippen molar-refractivity contribution in [1.29, 1.82) is 0 Å². The van der Waals surface area contributed by atoms with Crippen LogP contribution in [0.4, 0.5) is 0 Å². The SMILES string of the molecule is CCC(O)CNC(c1ccco1)c1nccn1C. The van der Waals surface area contributed by atoms with Crippen LogP contribution in [0.3, 0.4) is 0 Å². The second-order valence-corrected chi connectivity index (χ2v) is 4.32. The Hall–Kier alpha value is -1.59. The van der Waals surface area contributed by atoms with Crippen LogP contribution in [0.25, 0.3) is 0 Å². The van der Waals surface area contributed by atoms with Gasteiger partial charge in [-0.2, -0.15) is 0 Å². The lowest BCUT2D eigenvalue weighted by molar-refractivity contribution is 0.162. The summed E-state index contributed by atoms with van der Waals surface area (Å²) in [5, 5.41) is 12.9. The minimum atomic E-state index is -0.359. The molecule has 0 fully saturated rings. The van der Waals surface area contributed by atoms with Crippen LogP contribution < -0.4 is 5.32 Å². The minimum absolute atomic E-state index is 0.138. The zero-order valence-electron chi connectivity index (χ0n) is 10.7. The molecule has 0 aliphatic carbocycles. The highest BCUT2D eigenvalue weighted by Gasteiger charge is 2.21. The Kier molecular flexibility index (Phi) is 4.17. The fourth-order valence-electron chi connectivity index (χ4n) is 1.83. The molecule has 0 spiro atoms. The number of furan rings is 1. The predicted molar refractivity (Wildman–Crippen MR) is 68.1 cm³/mol. The van der Waals surface area contributed by atoms with Crippen LogP contribution in [-0.4, -0.2) is 27.3 Å². The molecule has 0 saturated carbocycles. The molecule has 0 aliphatic rings. The van der Waals surface area contributed by atoms with Crippen molar-refractivity contribution >= 4 is 0 Å². The number of nitrogens with one attached hydrogen (secondary N) is 1. The quantitative estimate of drug-likeness (QED) is 0.813. The maximum atomic E-state index is 9.65. The molecule has 0 amide bonds. The van der Waals surface area contributed by atoms with Crippen molar-refractivity contribution in [2.75, 3.05) is 6.54 Å². The van der Waals surface area contributed by atoms with Crippen LogP contribution in [0.2, 0.25) is 0 Å². The lowest BCUT2D eigenvalue weighted by atomic mass is 10.2. The van der Waals surface area contributed by atoms with Crippen molar-refractivity contribution in [2.24, 2.45) is 7.05 Å². The Morgan fingerprint density at radius 3 is 2.94 bits per heavy atom. The third kappa shape index (κ3) is 2.80.